The van der Waals surface area contributed by atoms with E-state index in [1.165, 1.54) is 0 Å². The number of rotatable bonds is 7. The summed E-state index contributed by atoms with van der Waals surface area (Å²) in [5.74, 6) is 0. The first-order valence-electron chi connectivity index (χ1n) is 24.5. The summed E-state index contributed by atoms with van der Waals surface area (Å²) in [5.41, 5.74) is 14.2. The zero-order valence-corrected chi connectivity index (χ0v) is 41.7. The van der Waals surface area contributed by atoms with Gasteiger partial charge in [-0.05, 0) is 183 Å². The van der Waals surface area contributed by atoms with Gasteiger partial charge in [0.25, 0.3) is 0 Å². The molecule has 12 aromatic rings. The molecule has 0 bridgehead atoms. The van der Waals surface area contributed by atoms with E-state index >= 15 is 0 Å². The molecule has 0 saturated carbocycles. The van der Waals surface area contributed by atoms with Crippen molar-refractivity contribution in [2.45, 2.75) is 0 Å². The molecule has 0 radical (unpaired) electrons. The molecule has 0 aliphatic heterocycles. The van der Waals surface area contributed by atoms with Crippen molar-refractivity contribution in [3.8, 4) is 97.4 Å². The summed E-state index contributed by atoms with van der Waals surface area (Å²) in [6.07, 6.45) is 3.42. The minimum atomic E-state index is 0.317. The molecule has 12 nitrogen and oxygen atoms in total. The van der Waals surface area contributed by atoms with Gasteiger partial charge in [-0.2, -0.15) is 26.3 Å². The molecule has 12 heteroatoms. The molecule has 0 aliphatic rings. The average molecular weight is 1020 g/mol. The van der Waals surface area contributed by atoms with Crippen LogP contribution in [0.25, 0.3) is 130 Å². The number of hydrogen-bond donors (Lipinski definition) is 0. The Morgan fingerprint density at radius 3 is 0.950 bits per heavy atom. The van der Waals surface area contributed by atoms with Gasteiger partial charge in [-0.3, -0.25) is 4.98 Å². The lowest BCUT2D eigenvalue weighted by molar-refractivity contribution is 1.12. The van der Waals surface area contributed by atoms with Crippen LogP contribution in [0.5, 0.6) is 0 Å². The Labute approximate surface area is 457 Å². The van der Waals surface area contributed by atoms with Crippen molar-refractivity contribution in [1.82, 2.24) is 14.1 Å². The van der Waals surface area contributed by atoms with Gasteiger partial charge in [-0.15, -0.1) is 0 Å². The predicted octanol–water partition coefficient (Wildman–Crippen LogP) is 17.2. The Balaban J connectivity index is 1.18. The van der Waals surface area contributed by atoms with Crippen molar-refractivity contribution in [1.29, 1.82) is 26.3 Å². The average Bonchev–Trinajstić information content (AvgIpc) is 4.16. The van der Waals surface area contributed by atoms with E-state index in [2.05, 4.69) is 63.8 Å². The SMILES string of the molecule is [C-]#[N+]c1cc(C#N)cc(-c2ccc3c(c2)c2cc(-c4cc(C#N)cc(C#N)c4)ccc2n3-c2cc(-c3ccncc3)cc(-n3c4ccc(-c5cc(C#N)cc([N+]#[C-])c5)cc4c4cc(-c5cc([N+]#[C-])cc([N+]#[C-])c5)ccc43)c2C#N)c1. The van der Waals surface area contributed by atoms with Gasteiger partial charge in [-0.25, -0.2) is 19.4 Å². The smallest absolute Gasteiger partial charge is 0.189 e. The van der Waals surface area contributed by atoms with E-state index in [0.717, 1.165) is 77.0 Å². The Kier molecular flexibility index (Phi) is 11.7. The molecule has 0 amide bonds. The van der Waals surface area contributed by atoms with Crippen molar-refractivity contribution in [3.05, 3.63) is 256 Å². The molecule has 3 aromatic heterocycles. The fraction of sp³-hybridized carbons (Fsp3) is 0. The largest absolute Gasteiger partial charge is 0.308 e. The molecule has 0 unspecified atom stereocenters. The lowest BCUT2D eigenvalue weighted by Crippen LogP contribution is -2.05. The van der Waals surface area contributed by atoms with Gasteiger partial charge < -0.3 is 9.13 Å². The van der Waals surface area contributed by atoms with E-state index in [1.54, 1.807) is 85.2 Å². The van der Waals surface area contributed by atoms with Gasteiger partial charge in [0.2, 0.25) is 0 Å². The van der Waals surface area contributed by atoms with Gasteiger partial charge in [0, 0.05) is 45.1 Å². The van der Waals surface area contributed by atoms with Crippen LogP contribution in [-0.2, 0) is 0 Å². The molecule has 12 rings (SSSR count). The quantitative estimate of drug-likeness (QED) is 0.145. The van der Waals surface area contributed by atoms with Crippen LogP contribution < -0.4 is 0 Å². The molecule has 0 atom stereocenters. The van der Waals surface area contributed by atoms with E-state index in [9.17, 15) is 26.3 Å². The normalized spacial score (nSPS) is 10.6. The van der Waals surface area contributed by atoms with Crippen molar-refractivity contribution < 1.29 is 0 Å². The van der Waals surface area contributed by atoms with E-state index in [-0.39, 0.29) is 0 Å². The third-order valence-corrected chi connectivity index (χ3v) is 14.3. The van der Waals surface area contributed by atoms with Gasteiger partial charge in [-0.1, -0.05) is 42.5 Å². The second kappa shape index (κ2) is 19.4. The van der Waals surface area contributed by atoms with Crippen molar-refractivity contribution in [2.75, 3.05) is 0 Å². The first-order valence-corrected chi connectivity index (χ1v) is 24.5. The number of aromatic nitrogens is 3. The summed E-state index contributed by atoms with van der Waals surface area (Å²) >= 11 is 0. The molecular weight excluding hydrogens is 985 g/mol. The maximum Gasteiger partial charge on any atom is 0.189 e. The number of nitrogens with zero attached hydrogens (tertiary/aromatic N) is 12. The molecule has 0 spiro atoms. The monoisotopic (exact) mass is 1010 g/mol. The first kappa shape index (κ1) is 48.1. The topological polar surface area (TPSA) is 159 Å². The van der Waals surface area contributed by atoms with Gasteiger partial charge >= 0.3 is 0 Å². The fourth-order valence-electron chi connectivity index (χ4n) is 10.7. The molecule has 80 heavy (non-hydrogen) atoms. The summed E-state index contributed by atoms with van der Waals surface area (Å²) < 4.78 is 4.13. The third kappa shape index (κ3) is 8.17. The number of pyridine rings is 1. The summed E-state index contributed by atoms with van der Waals surface area (Å²) in [6, 6.07) is 63.0. The highest BCUT2D eigenvalue weighted by Crippen LogP contribution is 2.44. The lowest BCUT2D eigenvalue weighted by atomic mass is 9.97. The van der Waals surface area contributed by atoms with Crippen LogP contribution >= 0.6 is 0 Å². The van der Waals surface area contributed by atoms with Gasteiger partial charge in [0.1, 0.15) is 11.6 Å². The minimum absolute atomic E-state index is 0.317. The molecule has 0 fully saturated rings. The molecule has 0 N–H and O–H groups in total. The Hall–Kier alpha value is -12.9. The number of nitriles is 5. The highest BCUT2D eigenvalue weighted by Gasteiger charge is 2.25. The maximum absolute atomic E-state index is 11.8. The van der Waals surface area contributed by atoms with Crippen molar-refractivity contribution in [3.63, 3.8) is 0 Å². The van der Waals surface area contributed by atoms with Gasteiger partial charge in [0.05, 0.1) is 95.1 Å². The summed E-state index contributed by atoms with van der Waals surface area (Å²) in [4.78, 5) is 18.9. The zero-order chi connectivity index (χ0) is 55.2. The second-order valence-corrected chi connectivity index (χ2v) is 18.8. The van der Waals surface area contributed by atoms with E-state index in [4.69, 9.17) is 26.3 Å². The van der Waals surface area contributed by atoms with Crippen LogP contribution in [-0.4, -0.2) is 14.1 Å². The Bertz CT molecular complexity index is 4440. The zero-order valence-electron chi connectivity index (χ0n) is 41.7. The van der Waals surface area contributed by atoms with Crippen LogP contribution in [0, 0.1) is 82.9 Å². The van der Waals surface area contributed by atoms with Crippen LogP contribution in [0.1, 0.15) is 27.8 Å². The van der Waals surface area contributed by atoms with Crippen LogP contribution in [0.2, 0.25) is 0 Å². The molecule has 362 valence electrons. The van der Waals surface area contributed by atoms with Crippen LogP contribution in [0.15, 0.2) is 182 Å². The molecule has 0 aliphatic carbocycles. The number of hydrogen-bond acceptors (Lipinski definition) is 6. The van der Waals surface area contributed by atoms with E-state index in [0.29, 0.717) is 84.2 Å². The van der Waals surface area contributed by atoms with E-state index < -0.39 is 0 Å². The van der Waals surface area contributed by atoms with E-state index in [1.807, 2.05) is 97.1 Å². The van der Waals surface area contributed by atoms with Gasteiger partial charge in [0.15, 0.2) is 22.7 Å². The highest BCUT2D eigenvalue weighted by atomic mass is 15.0. The fourth-order valence-corrected chi connectivity index (χ4v) is 10.7. The number of benzene rings is 9. The van der Waals surface area contributed by atoms with Crippen molar-refractivity contribution >= 4 is 66.4 Å². The third-order valence-electron chi connectivity index (χ3n) is 14.3. The standard InChI is InChI=1S/C68H30N12/c1-74-54-22-42(37-71)20-50(24-54)46-6-10-64-59(29-46)58-28-45(49-18-40(35-69)17-41(19-49)36-70)5-9-63(58)79(64)67-32-53(44-13-15-78-16-14-44)33-68(62(67)39-73)80-65-11-7-47(51-21-43(38-72)23-55(25-51)75-2)30-60(65)61-31-48(8-12-66(61)80)52-26-56(76-3)34-57(27-52)77-4/h5-34H. The second-order valence-electron chi connectivity index (χ2n) is 18.8. The first-order chi connectivity index (χ1) is 39.2. The minimum Gasteiger partial charge on any atom is -0.308 e. The number of fused-ring (bicyclic) bond motifs is 6. The predicted molar refractivity (Wildman–Crippen MR) is 309 cm³/mol. The molecular formula is C68H30N12. The van der Waals surface area contributed by atoms with Crippen LogP contribution in [0.4, 0.5) is 22.7 Å². The lowest BCUT2D eigenvalue weighted by Gasteiger charge is -2.18. The summed E-state index contributed by atoms with van der Waals surface area (Å²) in [7, 11) is 0. The van der Waals surface area contributed by atoms with Crippen LogP contribution in [0.3, 0.4) is 0 Å². The molecule has 3 heterocycles. The Morgan fingerprint density at radius 1 is 0.300 bits per heavy atom. The molecule has 9 aromatic carbocycles. The maximum atomic E-state index is 11.8. The summed E-state index contributed by atoms with van der Waals surface area (Å²) in [6.45, 7) is 31.2. The van der Waals surface area contributed by atoms with Crippen molar-refractivity contribution in [2.24, 2.45) is 0 Å². The Morgan fingerprint density at radius 2 is 0.613 bits per heavy atom. The highest BCUT2D eigenvalue weighted by molar-refractivity contribution is 6.14. The summed E-state index contributed by atoms with van der Waals surface area (Å²) in [5, 5.41) is 54.8. The molecule has 0 saturated heterocycles.